The lowest BCUT2D eigenvalue weighted by Gasteiger charge is -2.31. The number of piperidine rings is 1. The Kier molecular flexibility index (Phi) is 4.58. The quantitative estimate of drug-likeness (QED) is 0.895. The number of nitrogens with two attached hydrogens (primary N) is 1. The number of likely N-dealkylation sites (tertiary alicyclic amines) is 1. The van der Waals surface area contributed by atoms with Crippen LogP contribution in [0.15, 0.2) is 18.2 Å². The molecule has 2 aliphatic heterocycles. The van der Waals surface area contributed by atoms with Crippen molar-refractivity contribution in [2.45, 2.75) is 32.1 Å². The fourth-order valence-corrected chi connectivity index (χ4v) is 3.42. The second-order valence-corrected chi connectivity index (χ2v) is 6.15. The molecule has 3 rings (SSSR count). The molecule has 0 amide bonds. The zero-order chi connectivity index (χ0) is 13.8. The molecule has 0 spiro atoms. The molecule has 1 aromatic carbocycles. The van der Waals surface area contributed by atoms with Gasteiger partial charge in [-0.1, -0.05) is 12.1 Å². The predicted molar refractivity (Wildman–Crippen MR) is 82.2 cm³/mol. The highest BCUT2D eigenvalue weighted by Crippen LogP contribution is 2.26. The Morgan fingerprint density at radius 3 is 2.90 bits per heavy atom. The topological polar surface area (TPSA) is 38.5 Å². The van der Waals surface area contributed by atoms with Crippen molar-refractivity contribution in [3.8, 4) is 5.75 Å². The normalized spacial score (nSPS) is 19.9. The van der Waals surface area contributed by atoms with Crippen molar-refractivity contribution < 1.29 is 4.74 Å². The third-order valence-electron chi connectivity index (χ3n) is 4.75. The smallest absolute Gasteiger partial charge is 0.122 e. The van der Waals surface area contributed by atoms with Crippen molar-refractivity contribution in [3.63, 3.8) is 0 Å². The SMILES string of the molecule is NCCC1CCN(CCc2ccc3c(c2)CCO3)CC1. The summed E-state index contributed by atoms with van der Waals surface area (Å²) in [6.07, 6.45) is 6.10. The summed E-state index contributed by atoms with van der Waals surface area (Å²) in [6.45, 7) is 5.39. The van der Waals surface area contributed by atoms with Gasteiger partial charge in [-0.25, -0.2) is 0 Å². The van der Waals surface area contributed by atoms with Gasteiger partial charge in [0, 0.05) is 13.0 Å². The van der Waals surface area contributed by atoms with E-state index in [1.54, 1.807) is 0 Å². The zero-order valence-electron chi connectivity index (χ0n) is 12.3. The molecule has 2 heterocycles. The van der Waals surface area contributed by atoms with Crippen LogP contribution in [0.3, 0.4) is 0 Å². The van der Waals surface area contributed by atoms with Crippen LogP contribution in [-0.4, -0.2) is 37.7 Å². The van der Waals surface area contributed by atoms with E-state index in [4.69, 9.17) is 10.5 Å². The van der Waals surface area contributed by atoms with Gasteiger partial charge in [0.15, 0.2) is 0 Å². The highest BCUT2D eigenvalue weighted by atomic mass is 16.5. The molecule has 110 valence electrons. The average molecular weight is 274 g/mol. The summed E-state index contributed by atoms with van der Waals surface area (Å²) in [6, 6.07) is 6.71. The van der Waals surface area contributed by atoms with E-state index >= 15 is 0 Å². The highest BCUT2D eigenvalue weighted by Gasteiger charge is 2.18. The molecule has 1 saturated heterocycles. The number of nitrogens with zero attached hydrogens (tertiary/aromatic N) is 1. The van der Waals surface area contributed by atoms with Crippen LogP contribution in [-0.2, 0) is 12.8 Å². The molecular weight excluding hydrogens is 248 g/mol. The van der Waals surface area contributed by atoms with Crippen LogP contribution in [0.5, 0.6) is 5.75 Å². The van der Waals surface area contributed by atoms with E-state index in [0.29, 0.717) is 0 Å². The van der Waals surface area contributed by atoms with Gasteiger partial charge in [0.05, 0.1) is 6.61 Å². The Bertz CT molecular complexity index is 439. The molecule has 3 nitrogen and oxygen atoms in total. The molecule has 0 aromatic heterocycles. The van der Waals surface area contributed by atoms with E-state index in [2.05, 4.69) is 23.1 Å². The van der Waals surface area contributed by atoms with Crippen molar-refractivity contribution in [1.82, 2.24) is 4.90 Å². The average Bonchev–Trinajstić information content (AvgIpc) is 2.94. The second kappa shape index (κ2) is 6.59. The van der Waals surface area contributed by atoms with E-state index in [-0.39, 0.29) is 0 Å². The van der Waals surface area contributed by atoms with Gasteiger partial charge in [0.25, 0.3) is 0 Å². The van der Waals surface area contributed by atoms with Gasteiger partial charge in [-0.3, -0.25) is 0 Å². The molecule has 0 bridgehead atoms. The molecule has 0 aliphatic carbocycles. The number of fused-ring (bicyclic) bond motifs is 1. The minimum Gasteiger partial charge on any atom is -0.493 e. The van der Waals surface area contributed by atoms with Crippen LogP contribution in [0.1, 0.15) is 30.4 Å². The van der Waals surface area contributed by atoms with E-state index in [1.807, 2.05) is 0 Å². The van der Waals surface area contributed by atoms with E-state index < -0.39 is 0 Å². The van der Waals surface area contributed by atoms with Crippen molar-refractivity contribution in [2.75, 3.05) is 32.8 Å². The first-order valence-electron chi connectivity index (χ1n) is 8.02. The summed E-state index contributed by atoms with van der Waals surface area (Å²) in [5.74, 6) is 1.96. The first kappa shape index (κ1) is 13.9. The van der Waals surface area contributed by atoms with Crippen molar-refractivity contribution in [2.24, 2.45) is 11.7 Å². The molecule has 1 fully saturated rings. The number of ether oxygens (including phenoxy) is 1. The van der Waals surface area contributed by atoms with E-state index in [0.717, 1.165) is 37.7 Å². The van der Waals surface area contributed by atoms with Crippen molar-refractivity contribution >= 4 is 0 Å². The fraction of sp³-hybridized carbons (Fsp3) is 0.647. The van der Waals surface area contributed by atoms with Crippen LogP contribution in [0.2, 0.25) is 0 Å². The predicted octanol–water partition coefficient (Wildman–Crippen LogP) is 2.22. The molecule has 20 heavy (non-hydrogen) atoms. The summed E-state index contributed by atoms with van der Waals surface area (Å²) < 4.78 is 5.56. The lowest BCUT2D eigenvalue weighted by atomic mass is 9.93. The standard InChI is InChI=1S/C17H26N2O/c18-8-3-14-4-9-19(10-5-14)11-6-15-1-2-17-16(13-15)7-12-20-17/h1-2,13-14H,3-12,18H2. The molecule has 0 unspecified atom stereocenters. The maximum Gasteiger partial charge on any atom is 0.122 e. The lowest BCUT2D eigenvalue weighted by Crippen LogP contribution is -2.35. The Labute approximate surface area is 122 Å². The first-order valence-corrected chi connectivity index (χ1v) is 8.02. The molecule has 1 aromatic rings. The number of rotatable bonds is 5. The van der Waals surface area contributed by atoms with Crippen molar-refractivity contribution in [3.05, 3.63) is 29.3 Å². The molecule has 2 aliphatic rings. The van der Waals surface area contributed by atoms with Gasteiger partial charge < -0.3 is 15.4 Å². The van der Waals surface area contributed by atoms with Gasteiger partial charge in [-0.05, 0) is 68.4 Å². The largest absolute Gasteiger partial charge is 0.493 e. The Morgan fingerprint density at radius 1 is 1.25 bits per heavy atom. The van der Waals surface area contributed by atoms with Gasteiger partial charge in [-0.15, -0.1) is 0 Å². The second-order valence-electron chi connectivity index (χ2n) is 6.15. The minimum atomic E-state index is 0.849. The molecule has 2 N–H and O–H groups in total. The van der Waals surface area contributed by atoms with Gasteiger partial charge in [0.2, 0.25) is 0 Å². The molecular formula is C17H26N2O. The Morgan fingerprint density at radius 2 is 2.10 bits per heavy atom. The molecule has 0 atom stereocenters. The molecule has 0 radical (unpaired) electrons. The van der Waals surface area contributed by atoms with Crippen LogP contribution in [0.25, 0.3) is 0 Å². The number of hydrogen-bond acceptors (Lipinski definition) is 3. The number of hydrogen-bond donors (Lipinski definition) is 1. The third-order valence-corrected chi connectivity index (χ3v) is 4.75. The maximum atomic E-state index is 5.65. The molecule has 0 saturated carbocycles. The first-order chi connectivity index (χ1) is 9.85. The van der Waals surface area contributed by atoms with Gasteiger partial charge in [0.1, 0.15) is 5.75 Å². The van der Waals surface area contributed by atoms with E-state index in [9.17, 15) is 0 Å². The van der Waals surface area contributed by atoms with Crippen LogP contribution >= 0.6 is 0 Å². The monoisotopic (exact) mass is 274 g/mol. The summed E-state index contributed by atoms with van der Waals surface area (Å²) in [5, 5.41) is 0. The molecule has 3 heteroatoms. The minimum absolute atomic E-state index is 0.849. The Balaban J connectivity index is 1.46. The van der Waals surface area contributed by atoms with Gasteiger partial charge >= 0.3 is 0 Å². The summed E-state index contributed by atoms with van der Waals surface area (Å²) in [4.78, 5) is 2.61. The maximum absolute atomic E-state index is 5.65. The zero-order valence-corrected chi connectivity index (χ0v) is 12.3. The highest BCUT2D eigenvalue weighted by molar-refractivity contribution is 5.39. The van der Waals surface area contributed by atoms with Crippen LogP contribution < -0.4 is 10.5 Å². The van der Waals surface area contributed by atoms with Crippen LogP contribution in [0.4, 0.5) is 0 Å². The fourth-order valence-electron chi connectivity index (χ4n) is 3.42. The van der Waals surface area contributed by atoms with E-state index in [1.165, 1.54) is 50.0 Å². The van der Waals surface area contributed by atoms with Gasteiger partial charge in [-0.2, -0.15) is 0 Å². The van der Waals surface area contributed by atoms with Crippen LogP contribution in [0, 0.1) is 5.92 Å². The van der Waals surface area contributed by atoms with Crippen molar-refractivity contribution in [1.29, 1.82) is 0 Å². The summed E-state index contributed by atoms with van der Waals surface area (Å²) >= 11 is 0. The summed E-state index contributed by atoms with van der Waals surface area (Å²) in [7, 11) is 0. The lowest BCUT2D eigenvalue weighted by molar-refractivity contribution is 0.182. The summed E-state index contributed by atoms with van der Waals surface area (Å²) in [5.41, 5.74) is 8.50. The third kappa shape index (κ3) is 3.33. The Hall–Kier alpha value is -1.06. The number of benzene rings is 1.